The summed E-state index contributed by atoms with van der Waals surface area (Å²) in [5.74, 6) is 0.860. The monoisotopic (exact) mass is 501 g/mol. The maximum Gasteiger partial charge on any atom is 0.331 e. The molecule has 1 aliphatic heterocycles. The van der Waals surface area contributed by atoms with Gasteiger partial charge in [0.2, 0.25) is 0 Å². The van der Waals surface area contributed by atoms with Crippen molar-refractivity contribution >= 4 is 50.9 Å². The number of benzene rings is 2. The number of aromatic amines is 1. The summed E-state index contributed by atoms with van der Waals surface area (Å²) >= 11 is 5.48. The summed E-state index contributed by atoms with van der Waals surface area (Å²) in [7, 11) is 1.73. The van der Waals surface area contributed by atoms with Gasteiger partial charge in [-0.25, -0.2) is 14.8 Å². The van der Waals surface area contributed by atoms with E-state index in [9.17, 15) is 9.59 Å². The molecule has 0 saturated carbocycles. The number of nitrogens with zero attached hydrogens (tertiary/aromatic N) is 6. The van der Waals surface area contributed by atoms with Crippen molar-refractivity contribution in [3.63, 3.8) is 0 Å². The van der Waals surface area contributed by atoms with E-state index < -0.39 is 0 Å². The van der Waals surface area contributed by atoms with E-state index in [4.69, 9.17) is 12.2 Å². The van der Waals surface area contributed by atoms with Crippen LogP contribution in [0.5, 0.6) is 0 Å². The van der Waals surface area contributed by atoms with Gasteiger partial charge in [-0.3, -0.25) is 13.9 Å². The lowest BCUT2D eigenvalue weighted by molar-refractivity contribution is 0.371. The normalized spacial score (nSPS) is 14.9. The lowest BCUT2D eigenvalue weighted by atomic mass is 10.0. The molecular formula is C26H27N7O2S. The zero-order chi connectivity index (χ0) is 25.1. The molecule has 0 unspecified atom stereocenters. The maximum atomic E-state index is 13.4. The number of nitrogens with one attached hydrogen (secondary N) is 1. The fraction of sp³-hybridized carbons (Fsp3) is 0.346. The van der Waals surface area contributed by atoms with Crippen LogP contribution in [0, 0.1) is 11.7 Å². The highest BCUT2D eigenvalue weighted by Gasteiger charge is 2.26. The Hall–Kier alpha value is -3.79. The van der Waals surface area contributed by atoms with Crippen LogP contribution in [0.25, 0.3) is 32.8 Å². The van der Waals surface area contributed by atoms with Crippen molar-refractivity contribution in [2.24, 2.45) is 7.05 Å². The van der Waals surface area contributed by atoms with Crippen LogP contribution in [-0.4, -0.2) is 41.7 Å². The molecule has 1 fully saturated rings. The molecule has 3 aromatic heterocycles. The summed E-state index contributed by atoms with van der Waals surface area (Å²) in [5, 5.41) is 1.54. The standard InChI is InChI=1S/C26H27N7O2S/c1-4-32-22-13-19-17(12-20(22)29-25(32)36)23(28-14-27-19)31-9-7-16(8-10-31)33-24(34)18-11-15(2)5-6-21(18)30(3)26(33)35/h5-6,11-14,16H,4,7-10H2,1-3H3,(H,29,36). The van der Waals surface area contributed by atoms with E-state index in [2.05, 4.69) is 43.5 Å². The quantitative estimate of drug-likeness (QED) is 0.378. The molecule has 5 aromatic rings. The fourth-order valence-corrected chi connectivity index (χ4v) is 5.85. The van der Waals surface area contributed by atoms with Gasteiger partial charge in [0.25, 0.3) is 5.56 Å². The number of imidazole rings is 1. The van der Waals surface area contributed by atoms with Gasteiger partial charge in [-0.15, -0.1) is 0 Å². The minimum Gasteiger partial charge on any atom is -0.356 e. The Kier molecular flexibility index (Phi) is 5.29. The van der Waals surface area contributed by atoms with Gasteiger partial charge in [0.1, 0.15) is 12.1 Å². The Bertz CT molecular complexity index is 1840. The highest BCUT2D eigenvalue weighted by atomic mass is 32.1. The number of aromatic nitrogens is 6. The fourth-order valence-electron chi connectivity index (χ4n) is 5.51. The molecule has 6 rings (SSSR count). The van der Waals surface area contributed by atoms with E-state index in [1.54, 1.807) is 17.9 Å². The van der Waals surface area contributed by atoms with Crippen molar-refractivity contribution in [2.75, 3.05) is 18.0 Å². The van der Waals surface area contributed by atoms with Crippen molar-refractivity contribution < 1.29 is 0 Å². The van der Waals surface area contributed by atoms with Crippen LogP contribution >= 0.6 is 12.2 Å². The van der Waals surface area contributed by atoms with Crippen LogP contribution < -0.4 is 16.1 Å². The van der Waals surface area contributed by atoms with E-state index in [0.29, 0.717) is 41.6 Å². The molecule has 1 saturated heterocycles. The Morgan fingerprint density at radius 3 is 2.58 bits per heavy atom. The first-order valence-corrected chi connectivity index (χ1v) is 12.6. The molecule has 36 heavy (non-hydrogen) atoms. The third-order valence-electron chi connectivity index (χ3n) is 7.41. The molecule has 1 aliphatic rings. The first-order chi connectivity index (χ1) is 17.4. The number of hydrogen-bond acceptors (Lipinski definition) is 6. The van der Waals surface area contributed by atoms with E-state index in [1.807, 2.05) is 25.1 Å². The first kappa shape index (κ1) is 22.7. The van der Waals surface area contributed by atoms with E-state index in [-0.39, 0.29) is 17.3 Å². The van der Waals surface area contributed by atoms with Crippen LogP contribution in [0.4, 0.5) is 5.82 Å². The summed E-state index contributed by atoms with van der Waals surface area (Å²) in [4.78, 5) is 41.2. The Morgan fingerprint density at radius 1 is 1.06 bits per heavy atom. The molecule has 0 atom stereocenters. The minimum absolute atomic E-state index is 0.160. The van der Waals surface area contributed by atoms with Gasteiger partial charge in [-0.2, -0.15) is 0 Å². The summed E-state index contributed by atoms with van der Waals surface area (Å²) in [5.41, 5.74) is 4.04. The van der Waals surface area contributed by atoms with Gasteiger partial charge < -0.3 is 14.5 Å². The molecule has 4 heterocycles. The molecule has 0 aliphatic carbocycles. The molecular weight excluding hydrogens is 474 g/mol. The Labute approximate surface area is 211 Å². The van der Waals surface area contributed by atoms with Gasteiger partial charge in [0.15, 0.2) is 4.77 Å². The van der Waals surface area contributed by atoms with Crippen LogP contribution in [0.1, 0.15) is 31.4 Å². The summed E-state index contributed by atoms with van der Waals surface area (Å²) < 4.78 is 5.78. The number of rotatable bonds is 3. The SMILES string of the molecule is CCn1c(=S)[nH]c2cc3c(N4CCC(n5c(=O)c6cc(C)ccc6n(C)c5=O)CC4)ncnc3cc21. The highest BCUT2D eigenvalue weighted by molar-refractivity contribution is 7.71. The third kappa shape index (κ3) is 3.39. The number of aryl methyl sites for hydroxylation is 3. The average Bonchev–Trinajstić information content (AvgIpc) is 3.19. The van der Waals surface area contributed by atoms with E-state index in [0.717, 1.165) is 39.9 Å². The smallest absolute Gasteiger partial charge is 0.331 e. The van der Waals surface area contributed by atoms with Crippen LogP contribution in [0.15, 0.2) is 46.2 Å². The predicted octanol–water partition coefficient (Wildman–Crippen LogP) is 3.83. The van der Waals surface area contributed by atoms with Gasteiger partial charge in [-0.05, 0) is 63.2 Å². The number of hydrogen-bond donors (Lipinski definition) is 1. The average molecular weight is 502 g/mol. The second kappa shape index (κ2) is 8.41. The van der Waals surface area contributed by atoms with Gasteiger partial charge in [-0.1, -0.05) is 11.6 Å². The maximum absolute atomic E-state index is 13.4. The molecule has 10 heteroatoms. The minimum atomic E-state index is -0.264. The lowest BCUT2D eigenvalue weighted by Gasteiger charge is -2.34. The molecule has 0 spiro atoms. The number of fused-ring (bicyclic) bond motifs is 3. The summed E-state index contributed by atoms with van der Waals surface area (Å²) in [6.07, 6.45) is 2.95. The molecule has 0 amide bonds. The second-order valence-electron chi connectivity index (χ2n) is 9.51. The van der Waals surface area contributed by atoms with Gasteiger partial charge in [0, 0.05) is 38.1 Å². The lowest BCUT2D eigenvalue weighted by Crippen LogP contribution is -2.45. The van der Waals surface area contributed by atoms with E-state index >= 15 is 0 Å². The topological polar surface area (TPSA) is 93.7 Å². The zero-order valence-electron chi connectivity index (χ0n) is 20.5. The molecule has 0 bridgehead atoms. The largest absolute Gasteiger partial charge is 0.356 e. The Balaban J connectivity index is 1.36. The zero-order valence-corrected chi connectivity index (χ0v) is 21.3. The van der Waals surface area contributed by atoms with E-state index in [1.165, 1.54) is 4.57 Å². The van der Waals surface area contributed by atoms with Crippen molar-refractivity contribution in [2.45, 2.75) is 39.3 Å². The van der Waals surface area contributed by atoms with Crippen LogP contribution in [-0.2, 0) is 13.6 Å². The summed E-state index contributed by atoms with van der Waals surface area (Å²) in [6, 6.07) is 9.60. The number of piperidine rings is 1. The van der Waals surface area contributed by atoms with Crippen LogP contribution in [0.3, 0.4) is 0 Å². The molecule has 1 N–H and O–H groups in total. The van der Waals surface area contributed by atoms with Crippen molar-refractivity contribution in [1.29, 1.82) is 0 Å². The molecule has 0 radical (unpaired) electrons. The van der Waals surface area contributed by atoms with Gasteiger partial charge >= 0.3 is 5.69 Å². The third-order valence-corrected chi connectivity index (χ3v) is 7.73. The summed E-state index contributed by atoms with van der Waals surface area (Å²) in [6.45, 7) is 6.17. The van der Waals surface area contributed by atoms with Crippen molar-refractivity contribution in [1.82, 2.24) is 28.7 Å². The van der Waals surface area contributed by atoms with Crippen molar-refractivity contribution in [3.8, 4) is 0 Å². The first-order valence-electron chi connectivity index (χ1n) is 12.2. The van der Waals surface area contributed by atoms with Crippen molar-refractivity contribution in [3.05, 3.63) is 67.8 Å². The predicted molar refractivity (Wildman–Crippen MR) is 145 cm³/mol. The van der Waals surface area contributed by atoms with Crippen LogP contribution in [0.2, 0.25) is 0 Å². The molecule has 2 aromatic carbocycles. The van der Waals surface area contributed by atoms with Gasteiger partial charge in [0.05, 0.1) is 27.5 Å². The number of H-pyrrole nitrogens is 1. The Morgan fingerprint density at radius 2 is 1.83 bits per heavy atom. The molecule has 184 valence electrons. The molecule has 9 nitrogen and oxygen atoms in total. The second-order valence-corrected chi connectivity index (χ2v) is 9.90. The highest BCUT2D eigenvalue weighted by Crippen LogP contribution is 2.31. The number of anilines is 1.